The van der Waals surface area contributed by atoms with Crippen LogP contribution >= 0.6 is 50.5 Å². The molecule has 5 heteroatoms. The Kier molecular flexibility index (Phi) is 10.3. The number of hydrogen-bond acceptors (Lipinski definition) is 4. The van der Waals surface area contributed by atoms with E-state index in [-0.39, 0.29) is 9.16 Å². The van der Waals surface area contributed by atoms with Crippen molar-refractivity contribution in [3.63, 3.8) is 0 Å². The third-order valence-corrected chi connectivity index (χ3v) is 6.18. The van der Waals surface area contributed by atoms with Crippen molar-refractivity contribution in [1.29, 1.82) is 0 Å². The summed E-state index contributed by atoms with van der Waals surface area (Å²) in [6, 6.07) is 17.9. The van der Waals surface area contributed by atoms with Crippen LogP contribution in [0.15, 0.2) is 48.5 Å². The molecule has 25 heavy (non-hydrogen) atoms. The number of aryl methyl sites for hydroxylation is 2. The Morgan fingerprint density at radius 1 is 0.560 bits per heavy atom. The summed E-state index contributed by atoms with van der Waals surface area (Å²) >= 11 is 19.0. The van der Waals surface area contributed by atoms with Gasteiger partial charge in [0.2, 0.25) is 0 Å². The minimum absolute atomic E-state index is 0.167. The van der Waals surface area contributed by atoms with Crippen molar-refractivity contribution in [2.24, 2.45) is 0 Å². The second-order valence-electron chi connectivity index (χ2n) is 6.05. The minimum atomic E-state index is 0.167. The van der Waals surface area contributed by atoms with Crippen LogP contribution in [0, 0.1) is 0 Å². The molecule has 0 heterocycles. The molecule has 2 aromatic carbocycles. The standard InChI is InChI=1S/2C10H13S2.Ni/c2*1-8-2-4-9(5-3-8)6-7-10(11)12;/h2*2-5,10-12H,1,6-7H2;. The van der Waals surface area contributed by atoms with E-state index in [1.54, 1.807) is 14.4 Å². The zero-order valence-electron chi connectivity index (χ0n) is 14.1. The first kappa shape index (κ1) is 21.6. The molecule has 0 spiro atoms. The van der Waals surface area contributed by atoms with Crippen molar-refractivity contribution in [2.75, 3.05) is 0 Å². The second-order valence-corrected chi connectivity index (χ2v) is 10.6. The van der Waals surface area contributed by atoms with Gasteiger partial charge in [0.15, 0.2) is 0 Å². The maximum atomic E-state index is 4.31. The molecule has 0 aliphatic rings. The van der Waals surface area contributed by atoms with Crippen molar-refractivity contribution in [2.45, 2.75) is 45.6 Å². The van der Waals surface area contributed by atoms with E-state index in [0.717, 1.165) is 36.5 Å². The van der Waals surface area contributed by atoms with Gasteiger partial charge in [0.05, 0.1) is 0 Å². The Morgan fingerprint density at radius 3 is 1.20 bits per heavy atom. The summed E-state index contributed by atoms with van der Waals surface area (Å²) in [5.41, 5.74) is 5.51. The first-order chi connectivity index (χ1) is 12.0. The van der Waals surface area contributed by atoms with Crippen molar-refractivity contribution >= 4 is 50.5 Å². The Bertz CT molecular complexity index is 553. The van der Waals surface area contributed by atoms with Gasteiger partial charge in [-0.05, 0) is 0 Å². The quantitative estimate of drug-likeness (QED) is 0.198. The molecule has 0 radical (unpaired) electrons. The van der Waals surface area contributed by atoms with E-state index in [2.05, 4.69) is 99.0 Å². The van der Waals surface area contributed by atoms with Gasteiger partial charge in [-0.15, -0.1) is 0 Å². The summed E-state index contributed by atoms with van der Waals surface area (Å²) in [7, 11) is 0. The molecule has 0 bridgehead atoms. The van der Waals surface area contributed by atoms with Crippen LogP contribution in [0.5, 0.6) is 0 Å². The Morgan fingerprint density at radius 2 is 0.880 bits per heavy atom. The van der Waals surface area contributed by atoms with Crippen molar-refractivity contribution in [3.8, 4) is 0 Å². The first-order valence-corrected chi connectivity index (χ1v) is 11.8. The number of hydrogen-bond donors (Lipinski definition) is 4. The predicted molar refractivity (Wildman–Crippen MR) is 120 cm³/mol. The van der Waals surface area contributed by atoms with Gasteiger partial charge in [-0.2, -0.15) is 0 Å². The van der Waals surface area contributed by atoms with Crippen molar-refractivity contribution < 1.29 is 14.4 Å². The van der Waals surface area contributed by atoms with Crippen LogP contribution in [0.4, 0.5) is 0 Å². The van der Waals surface area contributed by atoms with E-state index in [1.807, 2.05) is 0 Å². The van der Waals surface area contributed by atoms with Crippen molar-refractivity contribution in [3.05, 3.63) is 70.8 Å². The van der Waals surface area contributed by atoms with Gasteiger partial charge in [-0.3, -0.25) is 0 Å². The van der Waals surface area contributed by atoms with E-state index < -0.39 is 0 Å². The summed E-state index contributed by atoms with van der Waals surface area (Å²) in [6.45, 7) is 0. The van der Waals surface area contributed by atoms with Crippen LogP contribution in [-0.4, -0.2) is 9.16 Å². The van der Waals surface area contributed by atoms with E-state index in [4.69, 9.17) is 0 Å². The Hall–Kier alpha value is 0.334. The number of rotatable bonds is 10. The van der Waals surface area contributed by atoms with Gasteiger partial charge < -0.3 is 0 Å². The molecule has 0 aliphatic carbocycles. The normalized spacial score (nSPS) is 11.6. The molecular weight excluding hydrogens is 427 g/mol. The number of benzene rings is 2. The zero-order valence-corrected chi connectivity index (χ0v) is 18.7. The van der Waals surface area contributed by atoms with Crippen LogP contribution in [0.25, 0.3) is 0 Å². The molecule has 0 N–H and O–H groups in total. The summed E-state index contributed by atoms with van der Waals surface area (Å²) in [5, 5.41) is 2.13. The molecule has 0 unspecified atom stereocenters. The molecular formula is C20H26NiS4. The molecule has 0 aliphatic heterocycles. The average molecular weight is 453 g/mol. The van der Waals surface area contributed by atoms with Gasteiger partial charge in [-0.25, -0.2) is 0 Å². The Labute approximate surface area is 180 Å². The Balaban J connectivity index is 1.73. The summed E-state index contributed by atoms with van der Waals surface area (Å²) in [4.78, 5) is 0. The molecule has 0 aromatic heterocycles. The fraction of sp³-hybridized carbons (Fsp3) is 0.400. The molecule has 0 nitrogen and oxygen atoms in total. The van der Waals surface area contributed by atoms with Gasteiger partial charge >= 0.3 is 181 Å². The van der Waals surface area contributed by atoms with Crippen LogP contribution in [0.2, 0.25) is 0 Å². The zero-order chi connectivity index (χ0) is 18.1. The van der Waals surface area contributed by atoms with E-state index >= 15 is 0 Å². The molecule has 2 rings (SSSR count). The maximum absolute atomic E-state index is 4.31. The van der Waals surface area contributed by atoms with Crippen LogP contribution in [0.1, 0.15) is 35.1 Å². The van der Waals surface area contributed by atoms with Gasteiger partial charge in [-0.1, -0.05) is 0 Å². The third kappa shape index (κ3) is 9.19. The fourth-order valence-corrected chi connectivity index (χ4v) is 4.05. The van der Waals surface area contributed by atoms with Gasteiger partial charge in [0.25, 0.3) is 0 Å². The first-order valence-electron chi connectivity index (χ1n) is 8.35. The van der Waals surface area contributed by atoms with Crippen molar-refractivity contribution in [1.82, 2.24) is 0 Å². The van der Waals surface area contributed by atoms with Crippen LogP contribution in [-0.2, 0) is 38.1 Å². The second kappa shape index (κ2) is 11.9. The predicted octanol–water partition coefficient (Wildman–Crippen LogP) is 5.71. The molecule has 0 amide bonds. The monoisotopic (exact) mass is 452 g/mol. The summed E-state index contributed by atoms with van der Waals surface area (Å²) < 4.78 is 0.333. The third-order valence-electron chi connectivity index (χ3n) is 3.84. The molecule has 2 aromatic rings. The molecule has 140 valence electrons. The van der Waals surface area contributed by atoms with E-state index in [0.29, 0.717) is 0 Å². The molecule has 0 saturated carbocycles. The fourth-order valence-electron chi connectivity index (χ4n) is 2.37. The SMILES string of the molecule is SC(S)CCc1ccc([CH2][Ni][CH2]c2ccc(CCC(S)S)cc2)cc1. The molecule has 0 fully saturated rings. The molecule has 0 saturated heterocycles. The van der Waals surface area contributed by atoms with Crippen LogP contribution < -0.4 is 0 Å². The summed E-state index contributed by atoms with van der Waals surface area (Å²) in [6.07, 6.45) is 4.08. The average Bonchev–Trinajstić information content (AvgIpc) is 2.60. The van der Waals surface area contributed by atoms with Gasteiger partial charge in [0, 0.05) is 0 Å². The topological polar surface area (TPSA) is 0 Å². The van der Waals surface area contributed by atoms with E-state index in [9.17, 15) is 0 Å². The molecule has 0 atom stereocenters. The summed E-state index contributed by atoms with van der Waals surface area (Å²) in [5.74, 6) is 0. The van der Waals surface area contributed by atoms with Crippen LogP contribution in [0.3, 0.4) is 0 Å². The number of thiol groups is 4. The van der Waals surface area contributed by atoms with E-state index in [1.165, 1.54) is 22.3 Å². The van der Waals surface area contributed by atoms with Gasteiger partial charge in [0.1, 0.15) is 0 Å².